The predicted molar refractivity (Wildman–Crippen MR) is 71.5 cm³/mol. The maximum Gasteiger partial charge on any atom is 0.321 e. The van der Waals surface area contributed by atoms with E-state index in [-0.39, 0.29) is 12.4 Å². The average molecular weight is 318 g/mol. The molecule has 1 N–H and O–H groups in total. The lowest BCUT2D eigenvalue weighted by Gasteiger charge is -2.10. The highest BCUT2D eigenvalue weighted by atomic mass is 32.2. The van der Waals surface area contributed by atoms with E-state index in [9.17, 15) is 23.3 Å². The van der Waals surface area contributed by atoms with Gasteiger partial charge in [0.25, 0.3) is 5.69 Å². The minimum absolute atomic E-state index is 0.0723. The Labute approximate surface area is 121 Å². The molecule has 0 saturated carbocycles. The fourth-order valence-corrected chi connectivity index (χ4v) is 2.59. The number of hydrogen-bond donors (Lipinski definition) is 1. The molecule has 0 heterocycles. The zero-order valence-electron chi connectivity index (χ0n) is 11.4. The Morgan fingerprint density at radius 3 is 2.62 bits per heavy atom. The van der Waals surface area contributed by atoms with Gasteiger partial charge in [-0.1, -0.05) is 0 Å². The van der Waals surface area contributed by atoms with Crippen molar-refractivity contribution in [1.82, 2.24) is 4.72 Å². The molecule has 0 fully saturated rings. The van der Waals surface area contributed by atoms with Gasteiger partial charge in [-0.3, -0.25) is 14.9 Å². The molecule has 0 saturated heterocycles. The van der Waals surface area contributed by atoms with E-state index < -0.39 is 38.0 Å². The molecule has 1 rings (SSSR count). The summed E-state index contributed by atoms with van der Waals surface area (Å²) in [4.78, 5) is 20.7. The molecular formula is C11H14N2O7S. The van der Waals surface area contributed by atoms with Crippen molar-refractivity contribution < 1.29 is 27.6 Å². The minimum atomic E-state index is -4.15. The summed E-state index contributed by atoms with van der Waals surface area (Å²) >= 11 is 0. The Morgan fingerprint density at radius 2 is 2.10 bits per heavy atom. The SMILES string of the molecule is CCOC(=O)CNS(=O)(=O)c1cc([N+](=O)[O-])ccc1OC. The summed E-state index contributed by atoms with van der Waals surface area (Å²) in [5.74, 6) is -0.831. The van der Waals surface area contributed by atoms with Crippen LogP contribution in [0.5, 0.6) is 5.75 Å². The van der Waals surface area contributed by atoms with E-state index in [0.29, 0.717) is 0 Å². The molecule has 21 heavy (non-hydrogen) atoms. The largest absolute Gasteiger partial charge is 0.495 e. The first-order valence-corrected chi connectivity index (χ1v) is 7.28. The van der Waals surface area contributed by atoms with Crippen LogP contribution in [0.15, 0.2) is 23.1 Å². The molecule has 0 spiro atoms. The Morgan fingerprint density at radius 1 is 1.43 bits per heavy atom. The van der Waals surface area contributed by atoms with E-state index in [4.69, 9.17) is 4.74 Å². The lowest BCUT2D eigenvalue weighted by atomic mass is 10.3. The van der Waals surface area contributed by atoms with Crippen LogP contribution in [0.1, 0.15) is 6.92 Å². The van der Waals surface area contributed by atoms with Gasteiger partial charge < -0.3 is 9.47 Å². The van der Waals surface area contributed by atoms with Gasteiger partial charge in [0.15, 0.2) is 0 Å². The van der Waals surface area contributed by atoms with E-state index in [1.807, 2.05) is 4.72 Å². The molecule has 9 nitrogen and oxygen atoms in total. The molecule has 0 aliphatic heterocycles. The number of hydrogen-bond acceptors (Lipinski definition) is 7. The van der Waals surface area contributed by atoms with Crippen LogP contribution >= 0.6 is 0 Å². The summed E-state index contributed by atoms with van der Waals surface area (Å²) in [7, 11) is -2.92. The zero-order valence-corrected chi connectivity index (χ0v) is 12.2. The molecule has 0 bridgehead atoms. The Bertz CT molecular complexity index is 642. The molecule has 116 valence electrons. The lowest BCUT2D eigenvalue weighted by Crippen LogP contribution is -2.31. The summed E-state index contributed by atoms with van der Waals surface area (Å²) in [5, 5.41) is 10.7. The van der Waals surface area contributed by atoms with E-state index in [1.165, 1.54) is 7.11 Å². The minimum Gasteiger partial charge on any atom is -0.495 e. The second-order valence-corrected chi connectivity index (χ2v) is 5.46. The molecule has 1 aromatic rings. The molecule has 0 radical (unpaired) electrons. The van der Waals surface area contributed by atoms with Gasteiger partial charge in [-0.25, -0.2) is 8.42 Å². The van der Waals surface area contributed by atoms with Crippen LogP contribution in [0.2, 0.25) is 0 Å². The van der Waals surface area contributed by atoms with Gasteiger partial charge in [-0.2, -0.15) is 4.72 Å². The van der Waals surface area contributed by atoms with Crippen LogP contribution in [0.3, 0.4) is 0 Å². The normalized spacial score (nSPS) is 11.0. The highest BCUT2D eigenvalue weighted by molar-refractivity contribution is 7.89. The molecule has 10 heteroatoms. The van der Waals surface area contributed by atoms with Crippen LogP contribution in [0, 0.1) is 10.1 Å². The second-order valence-electron chi connectivity index (χ2n) is 3.72. The number of ether oxygens (including phenoxy) is 2. The van der Waals surface area contributed by atoms with Crippen LogP contribution in [-0.4, -0.2) is 39.6 Å². The van der Waals surface area contributed by atoms with Gasteiger partial charge in [0.2, 0.25) is 10.0 Å². The first kappa shape index (κ1) is 16.9. The number of carbonyl (C=O) groups excluding carboxylic acids is 1. The number of sulfonamides is 1. The van der Waals surface area contributed by atoms with Crippen LogP contribution in [0.4, 0.5) is 5.69 Å². The lowest BCUT2D eigenvalue weighted by molar-refractivity contribution is -0.385. The van der Waals surface area contributed by atoms with Crippen molar-refractivity contribution in [2.75, 3.05) is 20.3 Å². The maximum absolute atomic E-state index is 12.1. The van der Waals surface area contributed by atoms with Gasteiger partial charge >= 0.3 is 5.97 Å². The van der Waals surface area contributed by atoms with Crippen molar-refractivity contribution in [3.8, 4) is 5.75 Å². The molecule has 0 amide bonds. The number of esters is 1. The van der Waals surface area contributed by atoms with E-state index in [0.717, 1.165) is 18.2 Å². The highest BCUT2D eigenvalue weighted by Crippen LogP contribution is 2.27. The van der Waals surface area contributed by atoms with Gasteiger partial charge in [-0.15, -0.1) is 0 Å². The van der Waals surface area contributed by atoms with Crippen molar-refractivity contribution in [1.29, 1.82) is 0 Å². The summed E-state index contributed by atoms with van der Waals surface area (Å²) in [6, 6.07) is 3.13. The van der Waals surface area contributed by atoms with Crippen LogP contribution in [0.25, 0.3) is 0 Å². The molecule has 0 aliphatic carbocycles. The van der Waals surface area contributed by atoms with E-state index in [2.05, 4.69) is 4.74 Å². The number of nitrogens with one attached hydrogen (secondary N) is 1. The van der Waals surface area contributed by atoms with Crippen molar-refractivity contribution in [3.05, 3.63) is 28.3 Å². The number of non-ortho nitro benzene ring substituents is 1. The monoisotopic (exact) mass is 318 g/mol. The zero-order chi connectivity index (χ0) is 16.0. The highest BCUT2D eigenvalue weighted by Gasteiger charge is 2.23. The van der Waals surface area contributed by atoms with Gasteiger partial charge in [0.1, 0.15) is 17.2 Å². The number of nitro groups is 1. The number of methoxy groups -OCH3 is 1. The smallest absolute Gasteiger partial charge is 0.321 e. The van der Waals surface area contributed by atoms with Crippen LogP contribution in [-0.2, 0) is 19.6 Å². The summed E-state index contributed by atoms with van der Waals surface area (Å²) < 4.78 is 35.6. The maximum atomic E-state index is 12.1. The molecule has 0 aromatic heterocycles. The fraction of sp³-hybridized carbons (Fsp3) is 0.364. The first-order valence-electron chi connectivity index (χ1n) is 5.79. The van der Waals surface area contributed by atoms with Crippen LogP contribution < -0.4 is 9.46 Å². The van der Waals surface area contributed by atoms with Gasteiger partial charge in [-0.05, 0) is 13.0 Å². The number of nitrogens with zero attached hydrogens (tertiary/aromatic N) is 1. The Hall–Kier alpha value is -2.20. The quantitative estimate of drug-likeness (QED) is 0.439. The third-order valence-electron chi connectivity index (χ3n) is 2.36. The first-order chi connectivity index (χ1) is 9.81. The third kappa shape index (κ3) is 4.39. The van der Waals surface area contributed by atoms with Crippen molar-refractivity contribution in [3.63, 3.8) is 0 Å². The predicted octanol–water partition coefficient (Wildman–Crippen LogP) is 0.445. The number of benzene rings is 1. The molecule has 0 unspecified atom stereocenters. The summed E-state index contributed by atoms with van der Waals surface area (Å²) in [6.07, 6.45) is 0. The number of nitro benzene ring substituents is 1. The van der Waals surface area contributed by atoms with E-state index >= 15 is 0 Å². The number of rotatable bonds is 7. The van der Waals surface area contributed by atoms with Gasteiger partial charge in [0.05, 0.1) is 18.6 Å². The standard InChI is InChI=1S/C11H14N2O7S/c1-3-20-11(14)7-12-21(17,18)10-6-8(13(15)16)4-5-9(10)19-2/h4-6,12H,3,7H2,1-2H3. The molecule has 1 aromatic carbocycles. The van der Waals surface area contributed by atoms with E-state index in [1.54, 1.807) is 6.92 Å². The van der Waals surface area contributed by atoms with Crippen molar-refractivity contribution in [2.45, 2.75) is 11.8 Å². The Kier molecular flexibility index (Phi) is 5.61. The molecular weight excluding hydrogens is 304 g/mol. The third-order valence-corrected chi connectivity index (χ3v) is 3.78. The topological polar surface area (TPSA) is 125 Å². The average Bonchev–Trinajstić information content (AvgIpc) is 2.44. The Balaban J connectivity index is 3.08. The summed E-state index contributed by atoms with van der Waals surface area (Å²) in [5.41, 5.74) is -0.410. The van der Waals surface area contributed by atoms with Crippen molar-refractivity contribution >= 4 is 21.7 Å². The molecule has 0 atom stereocenters. The fourth-order valence-electron chi connectivity index (χ4n) is 1.43. The second kappa shape index (κ2) is 6.99. The van der Waals surface area contributed by atoms with Crippen molar-refractivity contribution in [2.24, 2.45) is 0 Å². The molecule has 0 aliphatic rings. The van der Waals surface area contributed by atoms with Gasteiger partial charge in [0, 0.05) is 12.1 Å². The number of carbonyl (C=O) groups is 1. The summed E-state index contributed by atoms with van der Waals surface area (Å²) in [6.45, 7) is 1.11.